The Bertz CT molecular complexity index is 775. The lowest BCUT2D eigenvalue weighted by Gasteiger charge is -2.08. The Labute approximate surface area is 132 Å². The third-order valence-electron chi connectivity index (χ3n) is 3.61. The number of carbonyl (C=O) groups is 3. The van der Waals surface area contributed by atoms with E-state index in [1.54, 1.807) is 0 Å². The second kappa shape index (κ2) is 6.43. The second-order valence-corrected chi connectivity index (χ2v) is 5.31. The Morgan fingerprint density at radius 3 is 2.78 bits per heavy atom. The summed E-state index contributed by atoms with van der Waals surface area (Å²) in [6.45, 7) is 0.423. The van der Waals surface area contributed by atoms with Gasteiger partial charge in [0.1, 0.15) is 6.04 Å². The first-order valence-corrected chi connectivity index (χ1v) is 7.34. The highest BCUT2D eigenvalue weighted by molar-refractivity contribution is 6.05. The molecule has 1 aromatic carbocycles. The van der Waals surface area contributed by atoms with Crippen LogP contribution >= 0.6 is 0 Å². The van der Waals surface area contributed by atoms with E-state index in [9.17, 15) is 14.4 Å². The van der Waals surface area contributed by atoms with E-state index in [-0.39, 0.29) is 12.3 Å². The molecule has 1 aromatic heterocycles. The maximum atomic E-state index is 11.8. The van der Waals surface area contributed by atoms with E-state index < -0.39 is 18.0 Å². The molecule has 23 heavy (non-hydrogen) atoms. The molecule has 1 saturated heterocycles. The largest absolute Gasteiger partial charge is 0.356 e. The summed E-state index contributed by atoms with van der Waals surface area (Å²) in [5, 5.41) is 8.29. The smallest absolute Gasteiger partial charge is 0.322 e. The number of aromatic nitrogens is 1. The second-order valence-electron chi connectivity index (χ2n) is 5.31. The Balaban J connectivity index is 1.49. The maximum absolute atomic E-state index is 11.8. The van der Waals surface area contributed by atoms with Gasteiger partial charge in [0, 0.05) is 24.0 Å². The van der Waals surface area contributed by atoms with E-state index >= 15 is 0 Å². The number of hydrogen-bond donors (Lipinski definition) is 3. The monoisotopic (exact) mass is 312 g/mol. The van der Waals surface area contributed by atoms with Crippen LogP contribution in [-0.4, -0.2) is 35.4 Å². The summed E-state index contributed by atoms with van der Waals surface area (Å²) in [5.74, 6) is -0.755. The minimum atomic E-state index is -0.790. The van der Waals surface area contributed by atoms with Crippen LogP contribution in [0.1, 0.15) is 12.1 Å². The molecule has 7 nitrogen and oxygen atoms in total. The number of pyridine rings is 1. The van der Waals surface area contributed by atoms with Crippen LogP contribution in [0.4, 0.5) is 4.79 Å². The van der Waals surface area contributed by atoms with Crippen LogP contribution in [0.3, 0.4) is 0 Å². The first-order valence-electron chi connectivity index (χ1n) is 7.34. The fourth-order valence-electron chi connectivity index (χ4n) is 2.44. The molecular weight excluding hydrogens is 296 g/mol. The molecular formula is C16H16N4O3. The number of amides is 4. The summed E-state index contributed by atoms with van der Waals surface area (Å²) in [6, 6.07) is 10.4. The molecule has 4 amide bonds. The van der Waals surface area contributed by atoms with Crippen LogP contribution in [0.25, 0.3) is 10.9 Å². The van der Waals surface area contributed by atoms with Crippen molar-refractivity contribution in [2.24, 2.45) is 0 Å². The molecule has 0 radical (unpaired) electrons. The van der Waals surface area contributed by atoms with Gasteiger partial charge in [0.05, 0.1) is 11.9 Å². The van der Waals surface area contributed by atoms with E-state index in [1.807, 2.05) is 36.4 Å². The Morgan fingerprint density at radius 1 is 1.17 bits per heavy atom. The molecule has 0 saturated carbocycles. The van der Waals surface area contributed by atoms with Crippen molar-refractivity contribution in [2.45, 2.75) is 18.9 Å². The summed E-state index contributed by atoms with van der Waals surface area (Å²) in [7, 11) is 0. The van der Waals surface area contributed by atoms with Crippen molar-refractivity contribution in [3.05, 3.63) is 42.1 Å². The number of nitrogens with zero attached hydrogens (tertiary/aromatic N) is 1. The molecule has 2 aromatic rings. The third-order valence-corrected chi connectivity index (χ3v) is 3.61. The van der Waals surface area contributed by atoms with Crippen molar-refractivity contribution in [2.75, 3.05) is 6.54 Å². The van der Waals surface area contributed by atoms with Crippen molar-refractivity contribution in [3.63, 3.8) is 0 Å². The zero-order valence-corrected chi connectivity index (χ0v) is 12.3. The highest BCUT2D eigenvalue weighted by Crippen LogP contribution is 2.11. The van der Waals surface area contributed by atoms with Crippen LogP contribution in [-0.2, 0) is 16.0 Å². The van der Waals surface area contributed by atoms with Crippen molar-refractivity contribution >= 4 is 28.7 Å². The van der Waals surface area contributed by atoms with Gasteiger partial charge in [0.15, 0.2) is 0 Å². The van der Waals surface area contributed by atoms with Crippen LogP contribution < -0.4 is 16.0 Å². The molecule has 1 atom stereocenters. The number of imide groups is 1. The number of para-hydroxylation sites is 1. The predicted molar refractivity (Wildman–Crippen MR) is 83.5 cm³/mol. The number of urea groups is 1. The summed E-state index contributed by atoms with van der Waals surface area (Å²) >= 11 is 0. The first-order chi connectivity index (χ1) is 11.1. The van der Waals surface area contributed by atoms with E-state index in [0.717, 1.165) is 16.6 Å². The third kappa shape index (κ3) is 3.63. The summed E-state index contributed by atoms with van der Waals surface area (Å²) in [4.78, 5) is 38.6. The zero-order chi connectivity index (χ0) is 16.2. The summed E-state index contributed by atoms with van der Waals surface area (Å²) < 4.78 is 0. The Morgan fingerprint density at radius 2 is 2.00 bits per heavy atom. The number of benzene rings is 1. The average Bonchev–Trinajstić information content (AvgIpc) is 2.84. The van der Waals surface area contributed by atoms with Gasteiger partial charge in [-0.2, -0.15) is 0 Å². The molecule has 2 heterocycles. The molecule has 1 fully saturated rings. The number of hydrogen-bond acceptors (Lipinski definition) is 4. The van der Waals surface area contributed by atoms with Crippen molar-refractivity contribution < 1.29 is 14.4 Å². The van der Waals surface area contributed by atoms with Gasteiger partial charge in [-0.1, -0.05) is 24.3 Å². The highest BCUT2D eigenvalue weighted by atomic mass is 16.2. The van der Waals surface area contributed by atoms with E-state index in [2.05, 4.69) is 20.9 Å². The maximum Gasteiger partial charge on any atom is 0.322 e. The van der Waals surface area contributed by atoms with Gasteiger partial charge in [-0.25, -0.2) is 4.79 Å². The molecule has 7 heteroatoms. The number of carbonyl (C=O) groups excluding carboxylic acids is 3. The lowest BCUT2D eigenvalue weighted by Crippen LogP contribution is -2.36. The molecule has 1 aliphatic rings. The van der Waals surface area contributed by atoms with Gasteiger partial charge in [-0.3, -0.25) is 19.9 Å². The Hall–Kier alpha value is -2.96. The van der Waals surface area contributed by atoms with Crippen LogP contribution in [0.15, 0.2) is 36.4 Å². The minimum Gasteiger partial charge on any atom is -0.356 e. The van der Waals surface area contributed by atoms with E-state index in [1.165, 1.54) is 0 Å². The fourth-order valence-corrected chi connectivity index (χ4v) is 2.44. The van der Waals surface area contributed by atoms with Gasteiger partial charge >= 0.3 is 6.03 Å². The number of rotatable bonds is 5. The van der Waals surface area contributed by atoms with Crippen LogP contribution in [0, 0.1) is 0 Å². The predicted octanol–water partition coefficient (Wildman–Crippen LogP) is 0.492. The standard InChI is InChI=1S/C16H16N4O3/c21-14(9-13-15(22)20-16(23)19-13)17-8-7-11-6-5-10-3-1-2-4-12(10)18-11/h1-6,13H,7-9H2,(H,17,21)(H2,19,20,22,23)/t13-/m0/s1. The topological polar surface area (TPSA) is 100 Å². The lowest BCUT2D eigenvalue weighted by atomic mass is 10.1. The van der Waals surface area contributed by atoms with E-state index in [0.29, 0.717) is 13.0 Å². The highest BCUT2D eigenvalue weighted by Gasteiger charge is 2.30. The van der Waals surface area contributed by atoms with Crippen molar-refractivity contribution in [3.8, 4) is 0 Å². The van der Waals surface area contributed by atoms with E-state index in [4.69, 9.17) is 0 Å². The molecule has 0 unspecified atom stereocenters. The number of nitrogens with one attached hydrogen (secondary N) is 3. The van der Waals surface area contributed by atoms with Crippen molar-refractivity contribution in [1.82, 2.24) is 20.9 Å². The van der Waals surface area contributed by atoms with Gasteiger partial charge in [-0.15, -0.1) is 0 Å². The van der Waals surface area contributed by atoms with Crippen LogP contribution in [0.2, 0.25) is 0 Å². The van der Waals surface area contributed by atoms with Crippen molar-refractivity contribution in [1.29, 1.82) is 0 Å². The van der Waals surface area contributed by atoms with Crippen LogP contribution in [0.5, 0.6) is 0 Å². The fraction of sp³-hybridized carbons (Fsp3) is 0.250. The molecule has 0 aliphatic carbocycles. The molecule has 118 valence electrons. The quantitative estimate of drug-likeness (QED) is 0.700. The van der Waals surface area contributed by atoms with Gasteiger partial charge < -0.3 is 10.6 Å². The van der Waals surface area contributed by atoms with Gasteiger partial charge in [0.25, 0.3) is 5.91 Å². The molecule has 0 spiro atoms. The molecule has 1 aliphatic heterocycles. The Kier molecular flexibility index (Phi) is 4.18. The minimum absolute atomic E-state index is 0.0667. The molecule has 3 rings (SSSR count). The summed E-state index contributed by atoms with van der Waals surface area (Å²) in [6.07, 6.45) is 0.530. The first kappa shape index (κ1) is 15.0. The molecule has 0 bridgehead atoms. The number of fused-ring (bicyclic) bond motifs is 1. The SMILES string of the molecule is O=C(C[C@@H]1NC(=O)NC1=O)NCCc1ccc2ccccc2n1. The summed E-state index contributed by atoms with van der Waals surface area (Å²) in [5.41, 5.74) is 1.80. The normalized spacial score (nSPS) is 17.0. The molecule has 3 N–H and O–H groups in total. The average molecular weight is 312 g/mol. The van der Waals surface area contributed by atoms with Gasteiger partial charge in [-0.05, 0) is 12.1 Å². The lowest BCUT2D eigenvalue weighted by molar-refractivity contribution is -0.126. The zero-order valence-electron chi connectivity index (χ0n) is 12.3. The van der Waals surface area contributed by atoms with Gasteiger partial charge in [0.2, 0.25) is 5.91 Å².